The molecule has 1 aliphatic rings. The molecule has 0 bridgehead atoms. The molecule has 0 aliphatic heterocycles. The van der Waals surface area contributed by atoms with Gasteiger partial charge in [-0.2, -0.15) is 0 Å². The fourth-order valence-electron chi connectivity index (χ4n) is 4.90. The van der Waals surface area contributed by atoms with Gasteiger partial charge in [0.2, 0.25) is 0 Å². The van der Waals surface area contributed by atoms with Crippen molar-refractivity contribution in [3.63, 3.8) is 0 Å². The first-order chi connectivity index (χ1) is 13.9. The molecule has 0 spiro atoms. The van der Waals surface area contributed by atoms with Gasteiger partial charge >= 0.3 is 0 Å². The number of fused-ring (bicyclic) bond motifs is 12. The third kappa shape index (κ3) is 1.65. The molecule has 0 unspecified atom stereocenters. The van der Waals surface area contributed by atoms with Crippen molar-refractivity contribution in [1.29, 1.82) is 0 Å². The summed E-state index contributed by atoms with van der Waals surface area (Å²) in [4.78, 5) is 9.69. The Morgan fingerprint density at radius 3 is 2.61 bits per heavy atom. The van der Waals surface area contributed by atoms with Gasteiger partial charge in [0.05, 0.1) is 5.52 Å². The molecule has 0 amide bonds. The van der Waals surface area contributed by atoms with E-state index in [1.54, 1.807) is 0 Å². The highest BCUT2D eigenvalue weighted by Crippen LogP contribution is 2.43. The van der Waals surface area contributed by atoms with E-state index in [-0.39, 0.29) is 0 Å². The Kier molecular flexibility index (Phi) is 2.54. The van der Waals surface area contributed by atoms with Crippen LogP contribution in [0.25, 0.3) is 49.6 Å². The average Bonchev–Trinajstić information content (AvgIpc) is 3.32. The second-order valence-corrected chi connectivity index (χ2v) is 7.48. The second kappa shape index (κ2) is 4.96. The molecular weight excluding hydrogens is 342 g/mol. The molecule has 0 N–H and O–H groups in total. The highest BCUT2D eigenvalue weighted by atomic mass is 15.1. The average molecular weight is 357 g/mol. The number of pyridine rings is 2. The number of imidazole rings is 1. The Hall–Kier alpha value is -3.72. The lowest BCUT2D eigenvalue weighted by Crippen LogP contribution is -1.95. The minimum Gasteiger partial charge on any atom is -0.276 e. The number of rotatable bonds is 0. The second-order valence-electron chi connectivity index (χ2n) is 7.48. The van der Waals surface area contributed by atoms with Crippen molar-refractivity contribution in [2.24, 2.45) is 0 Å². The fourth-order valence-corrected chi connectivity index (χ4v) is 4.90. The summed E-state index contributed by atoms with van der Waals surface area (Å²) < 4.78 is 2.23. The summed E-state index contributed by atoms with van der Waals surface area (Å²) >= 11 is 0. The van der Waals surface area contributed by atoms with Crippen molar-refractivity contribution in [3.8, 4) is 11.1 Å². The summed E-state index contributed by atoms with van der Waals surface area (Å²) in [5, 5.41) is 3.77. The monoisotopic (exact) mass is 357 g/mol. The zero-order valence-electron chi connectivity index (χ0n) is 15.1. The van der Waals surface area contributed by atoms with E-state index in [1.165, 1.54) is 38.4 Å². The third-order valence-corrected chi connectivity index (χ3v) is 6.06. The summed E-state index contributed by atoms with van der Waals surface area (Å²) in [6.45, 7) is 0. The molecule has 28 heavy (non-hydrogen) atoms. The van der Waals surface area contributed by atoms with Crippen LogP contribution < -0.4 is 0 Å². The normalized spacial score (nSPS) is 12.9. The van der Waals surface area contributed by atoms with Gasteiger partial charge in [0.1, 0.15) is 11.2 Å². The van der Waals surface area contributed by atoms with Gasteiger partial charge in [0.15, 0.2) is 5.65 Å². The predicted molar refractivity (Wildman–Crippen MR) is 114 cm³/mol. The Morgan fingerprint density at radius 2 is 1.61 bits per heavy atom. The Balaban J connectivity index is 1.79. The van der Waals surface area contributed by atoms with E-state index >= 15 is 0 Å². The van der Waals surface area contributed by atoms with E-state index in [4.69, 9.17) is 4.98 Å². The van der Waals surface area contributed by atoms with Gasteiger partial charge in [0, 0.05) is 17.0 Å². The van der Waals surface area contributed by atoms with Crippen LogP contribution in [0.3, 0.4) is 0 Å². The maximum atomic E-state index is 5.03. The van der Waals surface area contributed by atoms with E-state index in [0.29, 0.717) is 0 Å². The number of para-hydroxylation sites is 1. The highest BCUT2D eigenvalue weighted by Gasteiger charge is 2.24. The first-order valence-corrected chi connectivity index (χ1v) is 9.58. The van der Waals surface area contributed by atoms with Crippen LogP contribution in [0.15, 0.2) is 79.0 Å². The van der Waals surface area contributed by atoms with Crippen molar-refractivity contribution >= 4 is 38.5 Å². The number of benzene rings is 3. The van der Waals surface area contributed by atoms with E-state index < -0.39 is 0 Å². The van der Waals surface area contributed by atoms with Gasteiger partial charge in [-0.15, -0.1) is 0 Å². The van der Waals surface area contributed by atoms with Crippen molar-refractivity contribution in [2.75, 3.05) is 0 Å². The molecule has 3 heteroatoms. The van der Waals surface area contributed by atoms with Crippen LogP contribution in [-0.2, 0) is 6.42 Å². The molecule has 3 nitrogen and oxygen atoms in total. The maximum Gasteiger partial charge on any atom is 0.164 e. The molecule has 0 saturated carbocycles. The molecule has 130 valence electrons. The lowest BCUT2D eigenvalue weighted by molar-refractivity contribution is 1.24. The Bertz CT molecular complexity index is 1590. The summed E-state index contributed by atoms with van der Waals surface area (Å²) in [5.41, 5.74) is 9.47. The minimum atomic E-state index is 0.920. The van der Waals surface area contributed by atoms with Gasteiger partial charge in [-0.05, 0) is 52.3 Å². The molecule has 0 fully saturated rings. The predicted octanol–water partition coefficient (Wildman–Crippen LogP) is 5.76. The van der Waals surface area contributed by atoms with Gasteiger partial charge < -0.3 is 0 Å². The first-order valence-electron chi connectivity index (χ1n) is 9.58. The van der Waals surface area contributed by atoms with Crippen LogP contribution in [0.1, 0.15) is 11.1 Å². The van der Waals surface area contributed by atoms with E-state index in [2.05, 4.69) is 70.0 Å². The number of hydrogen-bond donors (Lipinski definition) is 0. The fraction of sp³-hybridized carbons (Fsp3) is 0.0400. The van der Waals surface area contributed by atoms with E-state index in [0.717, 1.165) is 28.7 Å². The molecule has 7 rings (SSSR count). The quantitative estimate of drug-likeness (QED) is 0.323. The molecule has 0 atom stereocenters. The van der Waals surface area contributed by atoms with Crippen LogP contribution in [-0.4, -0.2) is 14.4 Å². The highest BCUT2D eigenvalue weighted by molar-refractivity contribution is 6.16. The number of aromatic nitrogens is 3. The van der Waals surface area contributed by atoms with Gasteiger partial charge in [-0.1, -0.05) is 54.6 Å². The lowest BCUT2D eigenvalue weighted by Gasteiger charge is -2.12. The van der Waals surface area contributed by atoms with Gasteiger partial charge in [-0.3, -0.25) is 4.40 Å². The third-order valence-electron chi connectivity index (χ3n) is 6.06. The summed E-state index contributed by atoms with van der Waals surface area (Å²) in [6.07, 6.45) is 2.80. The van der Waals surface area contributed by atoms with Crippen molar-refractivity contribution < 1.29 is 0 Å². The molecule has 3 aromatic carbocycles. The van der Waals surface area contributed by atoms with Crippen molar-refractivity contribution in [2.45, 2.75) is 6.42 Å². The topological polar surface area (TPSA) is 30.2 Å². The van der Waals surface area contributed by atoms with Gasteiger partial charge in [-0.25, -0.2) is 9.97 Å². The van der Waals surface area contributed by atoms with Crippen LogP contribution in [0.5, 0.6) is 0 Å². The summed E-state index contributed by atoms with van der Waals surface area (Å²) in [5.74, 6) is 0. The van der Waals surface area contributed by atoms with Crippen LogP contribution in [0, 0.1) is 0 Å². The van der Waals surface area contributed by atoms with Crippen LogP contribution in [0.2, 0.25) is 0 Å². The Labute approximate surface area is 160 Å². The molecule has 1 aliphatic carbocycles. The lowest BCUT2D eigenvalue weighted by atomic mass is 9.97. The number of nitrogens with zero attached hydrogens (tertiary/aromatic N) is 3. The molecule has 3 aromatic heterocycles. The van der Waals surface area contributed by atoms with Crippen LogP contribution in [0.4, 0.5) is 0 Å². The summed E-state index contributed by atoms with van der Waals surface area (Å²) in [6, 6.07) is 25.9. The SMILES string of the molecule is c1ccc2c(c1)Cc1c-2ccc2c3ccccc3n3c4ncccc4nc3c12. The maximum absolute atomic E-state index is 5.03. The Morgan fingerprint density at radius 1 is 0.714 bits per heavy atom. The minimum absolute atomic E-state index is 0.920. The zero-order valence-corrected chi connectivity index (χ0v) is 15.1. The standard InChI is InChI=1S/C25H15N3/c1-2-7-16-15(6-1)14-20-17(16)11-12-19-18-8-3-4-10-22(18)28-24-21(9-5-13-26-24)27-25(28)23(19)20/h1-13H,14H2. The molecule has 0 saturated heterocycles. The molecule has 3 heterocycles. The molecule has 0 radical (unpaired) electrons. The molecule has 6 aromatic rings. The largest absolute Gasteiger partial charge is 0.276 e. The summed E-state index contributed by atoms with van der Waals surface area (Å²) in [7, 11) is 0. The van der Waals surface area contributed by atoms with Gasteiger partial charge in [0.25, 0.3) is 0 Å². The van der Waals surface area contributed by atoms with E-state index in [1.807, 2.05) is 18.3 Å². The molecular formula is C25H15N3. The number of hydrogen-bond acceptors (Lipinski definition) is 2. The van der Waals surface area contributed by atoms with Crippen molar-refractivity contribution in [1.82, 2.24) is 14.4 Å². The van der Waals surface area contributed by atoms with E-state index in [9.17, 15) is 0 Å². The van der Waals surface area contributed by atoms with Crippen molar-refractivity contribution in [3.05, 3.63) is 90.1 Å². The smallest absolute Gasteiger partial charge is 0.164 e. The first kappa shape index (κ1) is 14.4. The van der Waals surface area contributed by atoms with Crippen LogP contribution >= 0.6 is 0 Å². The zero-order chi connectivity index (χ0) is 18.2.